The number of carbonyl (C=O) groups excluding carboxylic acids is 1. The number of nitrogens with zero attached hydrogens (tertiary/aromatic N) is 3. The van der Waals surface area contributed by atoms with Crippen molar-refractivity contribution in [2.24, 2.45) is 4.99 Å². The summed E-state index contributed by atoms with van der Waals surface area (Å²) in [6, 6.07) is 11.6. The lowest BCUT2D eigenvalue weighted by Crippen LogP contribution is -2.36. The predicted molar refractivity (Wildman–Crippen MR) is 139 cm³/mol. The summed E-state index contributed by atoms with van der Waals surface area (Å²) in [5.74, 6) is 1.44. The largest absolute Gasteiger partial charge is 0.474 e. The van der Waals surface area contributed by atoms with Crippen molar-refractivity contribution in [3.8, 4) is 5.88 Å². The number of aliphatic imine (C=N–C) groups is 1. The van der Waals surface area contributed by atoms with Crippen LogP contribution in [-0.4, -0.2) is 48.5 Å². The molecule has 7 nitrogen and oxygen atoms in total. The first-order valence-corrected chi connectivity index (χ1v) is 11.0. The third kappa shape index (κ3) is 7.96. The van der Waals surface area contributed by atoms with E-state index in [1.807, 2.05) is 49.5 Å². The lowest BCUT2D eigenvalue weighted by molar-refractivity contribution is 0.0827. The van der Waals surface area contributed by atoms with Gasteiger partial charge < -0.3 is 20.3 Å². The zero-order valence-corrected chi connectivity index (χ0v) is 21.5. The molecule has 1 saturated carbocycles. The molecule has 0 unspecified atom stereocenters. The van der Waals surface area contributed by atoms with Crippen LogP contribution >= 0.6 is 24.0 Å². The van der Waals surface area contributed by atoms with Gasteiger partial charge in [0.05, 0.1) is 6.54 Å². The Bertz CT molecular complexity index is 863. The highest BCUT2D eigenvalue weighted by molar-refractivity contribution is 14.0. The van der Waals surface area contributed by atoms with Gasteiger partial charge in [0.1, 0.15) is 6.10 Å². The number of ether oxygens (including phenoxy) is 1. The lowest BCUT2D eigenvalue weighted by atomic mass is 10.1. The smallest absolute Gasteiger partial charge is 0.253 e. The molecule has 32 heavy (non-hydrogen) atoms. The fourth-order valence-corrected chi connectivity index (χ4v) is 3.47. The van der Waals surface area contributed by atoms with Gasteiger partial charge in [0, 0.05) is 45.0 Å². The van der Waals surface area contributed by atoms with Crippen LogP contribution in [0.5, 0.6) is 5.88 Å². The van der Waals surface area contributed by atoms with Gasteiger partial charge in [-0.1, -0.05) is 18.2 Å². The third-order valence-corrected chi connectivity index (χ3v) is 5.22. The Balaban J connectivity index is 0.00000363. The van der Waals surface area contributed by atoms with Crippen molar-refractivity contribution < 1.29 is 9.53 Å². The maximum Gasteiger partial charge on any atom is 0.253 e. The minimum Gasteiger partial charge on any atom is -0.474 e. The second kappa shape index (κ2) is 13.2. The maximum absolute atomic E-state index is 12.0. The molecule has 0 aliphatic heterocycles. The van der Waals surface area contributed by atoms with Crippen LogP contribution in [-0.2, 0) is 13.1 Å². The first-order chi connectivity index (χ1) is 15.0. The van der Waals surface area contributed by atoms with Crippen LogP contribution in [0.15, 0.2) is 47.6 Å². The van der Waals surface area contributed by atoms with Crippen molar-refractivity contribution >= 4 is 35.8 Å². The van der Waals surface area contributed by atoms with E-state index < -0.39 is 0 Å². The number of rotatable bonds is 8. The van der Waals surface area contributed by atoms with Gasteiger partial charge in [-0.05, 0) is 55.9 Å². The van der Waals surface area contributed by atoms with E-state index in [0.717, 1.165) is 36.5 Å². The number of hydrogen-bond donors (Lipinski definition) is 2. The molecule has 1 aliphatic carbocycles. The highest BCUT2D eigenvalue weighted by Crippen LogP contribution is 2.22. The van der Waals surface area contributed by atoms with Crippen LogP contribution in [0.4, 0.5) is 0 Å². The molecule has 0 spiro atoms. The summed E-state index contributed by atoms with van der Waals surface area (Å²) in [6.45, 7) is 3.96. The van der Waals surface area contributed by atoms with Gasteiger partial charge in [0.15, 0.2) is 5.96 Å². The lowest BCUT2D eigenvalue weighted by Gasteiger charge is -2.13. The Hall–Kier alpha value is -2.36. The molecule has 2 N–H and O–H groups in total. The van der Waals surface area contributed by atoms with Crippen molar-refractivity contribution in [1.29, 1.82) is 0 Å². The minimum absolute atomic E-state index is 0. The zero-order chi connectivity index (χ0) is 22.1. The van der Waals surface area contributed by atoms with Gasteiger partial charge in [-0.2, -0.15) is 0 Å². The fraction of sp³-hybridized carbons (Fsp3) is 0.458. The molecule has 174 valence electrons. The van der Waals surface area contributed by atoms with Gasteiger partial charge in [0.25, 0.3) is 5.91 Å². The normalized spacial score (nSPS) is 13.9. The van der Waals surface area contributed by atoms with Crippen LogP contribution in [0.3, 0.4) is 0 Å². The number of guanidine groups is 1. The summed E-state index contributed by atoms with van der Waals surface area (Å²) in [5, 5.41) is 6.60. The summed E-state index contributed by atoms with van der Waals surface area (Å²) in [4.78, 5) is 22.7. The molecule has 3 rings (SSSR count). The average Bonchev–Trinajstić information content (AvgIpc) is 3.29. The number of benzene rings is 1. The minimum atomic E-state index is 0. The van der Waals surface area contributed by atoms with E-state index in [2.05, 4.69) is 20.6 Å². The molecular formula is C24H34IN5O2. The number of hydrogen-bond acceptors (Lipinski definition) is 4. The molecule has 0 bridgehead atoms. The van der Waals surface area contributed by atoms with Gasteiger partial charge in [-0.3, -0.25) is 4.79 Å². The fourth-order valence-electron chi connectivity index (χ4n) is 3.47. The molecule has 0 atom stereocenters. The zero-order valence-electron chi connectivity index (χ0n) is 19.1. The molecule has 8 heteroatoms. The standard InChI is InChI=1S/C24H33N5O2.HI/c1-4-25-24(27-15-18-9-12-20(13-10-18)23(30)29(2)3)28-17-19-11-14-22(26-16-19)31-21-7-5-6-8-21;/h9-14,16,21H,4-8,15,17H2,1-3H3,(H2,25,27,28);1H. The van der Waals surface area contributed by atoms with E-state index in [-0.39, 0.29) is 29.9 Å². The second-order valence-electron chi connectivity index (χ2n) is 7.97. The molecule has 2 aromatic rings. The van der Waals surface area contributed by atoms with Crippen LogP contribution in [0.25, 0.3) is 0 Å². The third-order valence-electron chi connectivity index (χ3n) is 5.22. The van der Waals surface area contributed by atoms with Crippen molar-refractivity contribution in [1.82, 2.24) is 20.5 Å². The van der Waals surface area contributed by atoms with Crippen LogP contribution in [0.1, 0.15) is 54.1 Å². The topological polar surface area (TPSA) is 78.9 Å². The van der Waals surface area contributed by atoms with Crippen molar-refractivity contribution in [3.05, 3.63) is 59.3 Å². The first-order valence-electron chi connectivity index (χ1n) is 11.0. The molecule has 1 fully saturated rings. The van der Waals surface area contributed by atoms with Gasteiger partial charge in [0.2, 0.25) is 5.88 Å². The summed E-state index contributed by atoms with van der Waals surface area (Å²) < 4.78 is 5.92. The second-order valence-corrected chi connectivity index (χ2v) is 7.97. The monoisotopic (exact) mass is 551 g/mol. The molecular weight excluding hydrogens is 517 g/mol. The molecule has 1 aromatic carbocycles. The Morgan fingerprint density at radius 3 is 2.38 bits per heavy atom. The number of amides is 1. The average molecular weight is 551 g/mol. The highest BCUT2D eigenvalue weighted by Gasteiger charge is 2.16. The SMILES string of the molecule is CCNC(=NCc1ccc(OC2CCCC2)nc1)NCc1ccc(C(=O)N(C)C)cc1.I. The summed E-state index contributed by atoms with van der Waals surface area (Å²) in [6.07, 6.45) is 6.89. The molecule has 1 heterocycles. The van der Waals surface area contributed by atoms with E-state index in [1.165, 1.54) is 12.8 Å². The van der Waals surface area contributed by atoms with Crippen molar-refractivity contribution in [3.63, 3.8) is 0 Å². The van der Waals surface area contributed by atoms with E-state index in [9.17, 15) is 4.79 Å². The predicted octanol–water partition coefficient (Wildman–Crippen LogP) is 3.98. The van der Waals surface area contributed by atoms with E-state index in [0.29, 0.717) is 30.6 Å². The number of pyridine rings is 1. The molecule has 1 aromatic heterocycles. The van der Waals surface area contributed by atoms with Crippen molar-refractivity contribution in [2.45, 2.75) is 51.8 Å². The Morgan fingerprint density at radius 2 is 1.78 bits per heavy atom. The summed E-state index contributed by atoms with van der Waals surface area (Å²) in [7, 11) is 3.51. The quantitative estimate of drug-likeness (QED) is 0.295. The molecule has 0 radical (unpaired) electrons. The molecule has 0 saturated heterocycles. The summed E-state index contributed by atoms with van der Waals surface area (Å²) >= 11 is 0. The molecule has 1 aliphatic rings. The number of nitrogens with one attached hydrogen (secondary N) is 2. The molecule has 1 amide bonds. The van der Waals surface area contributed by atoms with Crippen LogP contribution in [0.2, 0.25) is 0 Å². The Kier molecular flexibility index (Phi) is 10.7. The van der Waals surface area contributed by atoms with Crippen molar-refractivity contribution in [2.75, 3.05) is 20.6 Å². The Morgan fingerprint density at radius 1 is 1.09 bits per heavy atom. The number of carbonyl (C=O) groups is 1. The van der Waals surface area contributed by atoms with E-state index in [4.69, 9.17) is 4.74 Å². The van der Waals surface area contributed by atoms with Gasteiger partial charge in [-0.15, -0.1) is 24.0 Å². The van der Waals surface area contributed by atoms with E-state index >= 15 is 0 Å². The van der Waals surface area contributed by atoms with Crippen LogP contribution < -0.4 is 15.4 Å². The van der Waals surface area contributed by atoms with Crippen LogP contribution in [0, 0.1) is 0 Å². The van der Waals surface area contributed by atoms with Gasteiger partial charge in [-0.25, -0.2) is 9.98 Å². The number of halogens is 1. The summed E-state index contributed by atoms with van der Waals surface area (Å²) in [5.41, 5.74) is 2.79. The first kappa shape index (κ1) is 25.9. The number of aromatic nitrogens is 1. The Labute approximate surface area is 208 Å². The highest BCUT2D eigenvalue weighted by atomic mass is 127. The van der Waals surface area contributed by atoms with E-state index in [1.54, 1.807) is 19.0 Å². The maximum atomic E-state index is 12.0. The van der Waals surface area contributed by atoms with Gasteiger partial charge >= 0.3 is 0 Å².